The standard InChI is InChI=1S/C14H19N5O2/c1-3-21-13-12(6-4-7-15-13)18-14(20)17-11(2)10-19-9-5-8-16-19/h4-9,11H,3,10H2,1-2H3,(H2,17,18,20)/t11-/m1/s1. The number of nitrogens with zero attached hydrogens (tertiary/aromatic N) is 3. The molecule has 21 heavy (non-hydrogen) atoms. The number of amides is 2. The molecule has 0 saturated carbocycles. The fourth-order valence-electron chi connectivity index (χ4n) is 1.85. The monoisotopic (exact) mass is 289 g/mol. The van der Waals surface area contributed by atoms with E-state index >= 15 is 0 Å². The normalized spacial score (nSPS) is 11.7. The van der Waals surface area contributed by atoms with E-state index in [1.807, 2.05) is 26.1 Å². The topological polar surface area (TPSA) is 81.1 Å². The number of ether oxygens (including phenoxy) is 1. The zero-order chi connectivity index (χ0) is 15.1. The SMILES string of the molecule is CCOc1ncccc1NC(=O)N[C@H](C)Cn1cccn1. The molecule has 0 radical (unpaired) electrons. The van der Waals surface area contributed by atoms with Crippen LogP contribution in [0.1, 0.15) is 13.8 Å². The maximum absolute atomic E-state index is 12.0. The molecule has 1 atom stereocenters. The highest BCUT2D eigenvalue weighted by Gasteiger charge is 2.11. The lowest BCUT2D eigenvalue weighted by Gasteiger charge is -2.15. The summed E-state index contributed by atoms with van der Waals surface area (Å²) in [5.41, 5.74) is 0.545. The fraction of sp³-hybridized carbons (Fsp3) is 0.357. The first-order valence-corrected chi connectivity index (χ1v) is 6.81. The molecule has 2 aromatic heterocycles. The van der Waals surface area contributed by atoms with Crippen molar-refractivity contribution in [2.75, 3.05) is 11.9 Å². The molecule has 7 nitrogen and oxygen atoms in total. The maximum Gasteiger partial charge on any atom is 0.319 e. The van der Waals surface area contributed by atoms with Crippen molar-refractivity contribution in [3.05, 3.63) is 36.8 Å². The Hall–Kier alpha value is -2.57. The third-order valence-electron chi connectivity index (χ3n) is 2.70. The van der Waals surface area contributed by atoms with Gasteiger partial charge in [-0.3, -0.25) is 4.68 Å². The summed E-state index contributed by atoms with van der Waals surface area (Å²) in [7, 11) is 0. The number of hydrogen-bond acceptors (Lipinski definition) is 4. The first-order valence-electron chi connectivity index (χ1n) is 6.81. The number of urea groups is 1. The minimum Gasteiger partial charge on any atom is -0.476 e. The molecule has 0 aromatic carbocycles. The number of anilines is 1. The van der Waals surface area contributed by atoms with E-state index in [0.29, 0.717) is 24.7 Å². The minimum atomic E-state index is -0.302. The first kappa shape index (κ1) is 14.8. The van der Waals surface area contributed by atoms with Crippen molar-refractivity contribution in [1.29, 1.82) is 0 Å². The average Bonchev–Trinajstić information content (AvgIpc) is 2.93. The van der Waals surface area contributed by atoms with Crippen molar-refractivity contribution < 1.29 is 9.53 Å². The van der Waals surface area contributed by atoms with Crippen LogP contribution in [0.4, 0.5) is 10.5 Å². The summed E-state index contributed by atoms with van der Waals surface area (Å²) in [6.45, 7) is 4.87. The van der Waals surface area contributed by atoms with Gasteiger partial charge in [0.25, 0.3) is 0 Å². The van der Waals surface area contributed by atoms with Crippen LogP contribution in [-0.4, -0.2) is 33.4 Å². The van der Waals surface area contributed by atoms with E-state index in [1.165, 1.54) is 0 Å². The second-order valence-corrected chi connectivity index (χ2v) is 4.52. The number of nitrogens with one attached hydrogen (secondary N) is 2. The lowest BCUT2D eigenvalue weighted by atomic mass is 10.3. The minimum absolute atomic E-state index is 0.0582. The van der Waals surface area contributed by atoms with Crippen molar-refractivity contribution >= 4 is 11.7 Å². The molecular formula is C14H19N5O2. The highest BCUT2D eigenvalue weighted by atomic mass is 16.5. The van der Waals surface area contributed by atoms with Gasteiger partial charge in [0.2, 0.25) is 5.88 Å². The lowest BCUT2D eigenvalue weighted by Crippen LogP contribution is -2.38. The van der Waals surface area contributed by atoms with Gasteiger partial charge in [-0.15, -0.1) is 0 Å². The molecule has 0 aliphatic carbocycles. The Kier molecular flexibility index (Phi) is 5.14. The first-order chi connectivity index (χ1) is 10.2. The van der Waals surface area contributed by atoms with Crippen LogP contribution in [-0.2, 0) is 6.54 Å². The molecule has 2 amide bonds. The van der Waals surface area contributed by atoms with Gasteiger partial charge in [0, 0.05) is 24.6 Å². The molecule has 2 aromatic rings. The van der Waals surface area contributed by atoms with E-state index < -0.39 is 0 Å². The van der Waals surface area contributed by atoms with Gasteiger partial charge in [0.1, 0.15) is 5.69 Å². The van der Waals surface area contributed by atoms with Crippen LogP contribution in [0.2, 0.25) is 0 Å². The molecule has 0 bridgehead atoms. The molecule has 0 fully saturated rings. The second-order valence-electron chi connectivity index (χ2n) is 4.52. The Balaban J connectivity index is 1.89. The summed E-state index contributed by atoms with van der Waals surface area (Å²) in [4.78, 5) is 16.1. The highest BCUT2D eigenvalue weighted by Crippen LogP contribution is 2.20. The third-order valence-corrected chi connectivity index (χ3v) is 2.70. The molecule has 0 aliphatic rings. The maximum atomic E-state index is 12.0. The van der Waals surface area contributed by atoms with E-state index in [-0.39, 0.29) is 12.1 Å². The summed E-state index contributed by atoms with van der Waals surface area (Å²) in [5.74, 6) is 0.412. The van der Waals surface area contributed by atoms with Gasteiger partial charge in [-0.25, -0.2) is 9.78 Å². The van der Waals surface area contributed by atoms with Gasteiger partial charge < -0.3 is 15.4 Å². The van der Waals surface area contributed by atoms with Crippen molar-refractivity contribution in [3.8, 4) is 5.88 Å². The number of pyridine rings is 1. The summed E-state index contributed by atoms with van der Waals surface area (Å²) < 4.78 is 7.12. The number of carbonyl (C=O) groups excluding carboxylic acids is 1. The van der Waals surface area contributed by atoms with Gasteiger partial charge in [-0.2, -0.15) is 5.10 Å². The summed E-state index contributed by atoms with van der Waals surface area (Å²) in [6, 6.07) is 4.97. The van der Waals surface area contributed by atoms with Gasteiger partial charge >= 0.3 is 6.03 Å². The van der Waals surface area contributed by atoms with Crippen LogP contribution in [0.25, 0.3) is 0 Å². The predicted molar refractivity (Wildman–Crippen MR) is 79.2 cm³/mol. The zero-order valence-corrected chi connectivity index (χ0v) is 12.1. The van der Waals surface area contributed by atoms with Crippen LogP contribution >= 0.6 is 0 Å². The molecule has 2 rings (SSSR count). The molecule has 0 spiro atoms. The Morgan fingerprint density at radius 3 is 3.00 bits per heavy atom. The Morgan fingerprint density at radius 2 is 2.29 bits per heavy atom. The van der Waals surface area contributed by atoms with Crippen LogP contribution in [0.5, 0.6) is 5.88 Å². The van der Waals surface area contributed by atoms with Gasteiger partial charge in [-0.05, 0) is 32.0 Å². The van der Waals surface area contributed by atoms with E-state index in [2.05, 4.69) is 20.7 Å². The molecule has 7 heteroatoms. The largest absolute Gasteiger partial charge is 0.476 e. The number of aromatic nitrogens is 3. The second kappa shape index (κ2) is 7.28. The molecule has 0 saturated heterocycles. The Morgan fingerprint density at radius 1 is 1.43 bits per heavy atom. The molecule has 2 heterocycles. The van der Waals surface area contributed by atoms with Crippen molar-refractivity contribution in [3.63, 3.8) is 0 Å². The lowest BCUT2D eigenvalue weighted by molar-refractivity contribution is 0.247. The van der Waals surface area contributed by atoms with E-state index in [1.54, 1.807) is 29.2 Å². The number of carbonyl (C=O) groups is 1. The zero-order valence-electron chi connectivity index (χ0n) is 12.1. The highest BCUT2D eigenvalue weighted by molar-refractivity contribution is 5.90. The summed E-state index contributed by atoms with van der Waals surface area (Å²) in [5, 5.41) is 9.68. The van der Waals surface area contributed by atoms with E-state index in [9.17, 15) is 4.79 Å². The van der Waals surface area contributed by atoms with Crippen molar-refractivity contribution in [2.45, 2.75) is 26.4 Å². The molecule has 0 unspecified atom stereocenters. The van der Waals surface area contributed by atoms with Crippen LogP contribution < -0.4 is 15.4 Å². The molecular weight excluding hydrogens is 270 g/mol. The Bertz CT molecular complexity index is 571. The van der Waals surface area contributed by atoms with Gasteiger partial charge in [-0.1, -0.05) is 0 Å². The van der Waals surface area contributed by atoms with Crippen LogP contribution in [0.15, 0.2) is 36.8 Å². The number of rotatable bonds is 6. The summed E-state index contributed by atoms with van der Waals surface area (Å²) >= 11 is 0. The van der Waals surface area contributed by atoms with Crippen LogP contribution in [0, 0.1) is 0 Å². The molecule has 0 aliphatic heterocycles. The van der Waals surface area contributed by atoms with Gasteiger partial charge in [0.15, 0.2) is 0 Å². The smallest absolute Gasteiger partial charge is 0.319 e. The predicted octanol–water partition coefficient (Wildman–Crippen LogP) is 1.89. The fourth-order valence-corrected chi connectivity index (χ4v) is 1.85. The van der Waals surface area contributed by atoms with Crippen molar-refractivity contribution in [2.24, 2.45) is 0 Å². The molecule has 2 N–H and O–H groups in total. The number of hydrogen-bond donors (Lipinski definition) is 2. The Labute approximate surface area is 123 Å². The quantitative estimate of drug-likeness (QED) is 0.851. The molecule has 112 valence electrons. The average molecular weight is 289 g/mol. The van der Waals surface area contributed by atoms with E-state index in [0.717, 1.165) is 0 Å². The third kappa shape index (κ3) is 4.48. The van der Waals surface area contributed by atoms with Crippen LogP contribution in [0.3, 0.4) is 0 Å². The summed E-state index contributed by atoms with van der Waals surface area (Å²) in [6.07, 6.45) is 5.18. The van der Waals surface area contributed by atoms with Gasteiger partial charge in [0.05, 0.1) is 13.2 Å². The van der Waals surface area contributed by atoms with E-state index in [4.69, 9.17) is 4.74 Å². The van der Waals surface area contributed by atoms with Crippen molar-refractivity contribution in [1.82, 2.24) is 20.1 Å².